The molecule has 0 amide bonds. The van der Waals surface area contributed by atoms with E-state index in [1.807, 2.05) is 6.92 Å². The van der Waals surface area contributed by atoms with Crippen LogP contribution in [0.4, 0.5) is 0 Å². The van der Waals surface area contributed by atoms with Crippen LogP contribution in [0.1, 0.15) is 29.4 Å². The van der Waals surface area contributed by atoms with Gasteiger partial charge in [0.2, 0.25) is 11.7 Å². The average molecular weight is 246 g/mol. The minimum absolute atomic E-state index is 0.182. The summed E-state index contributed by atoms with van der Waals surface area (Å²) in [6.45, 7) is 2.67. The van der Waals surface area contributed by atoms with Crippen LogP contribution in [0.25, 0.3) is 0 Å². The molecule has 18 heavy (non-hydrogen) atoms. The zero-order valence-corrected chi connectivity index (χ0v) is 10.3. The Labute approximate surface area is 105 Å². The van der Waals surface area contributed by atoms with Crippen LogP contribution < -0.4 is 4.74 Å². The normalized spacial score (nSPS) is 10.3. The molecule has 0 aromatic carbocycles. The standard InChI is InChI=1S/C12H14N4O2/c1-3-7-16-10(8-14-15-16)11(17)9-5-4-6-13-12(9)18-2/h4-6,8H,3,7H2,1-2H3. The van der Waals surface area contributed by atoms with Crippen molar-refractivity contribution in [3.8, 4) is 5.88 Å². The molecule has 0 radical (unpaired) electrons. The van der Waals surface area contributed by atoms with Crippen LogP contribution >= 0.6 is 0 Å². The number of rotatable bonds is 5. The fourth-order valence-corrected chi connectivity index (χ4v) is 1.67. The van der Waals surface area contributed by atoms with Gasteiger partial charge in [-0.25, -0.2) is 9.67 Å². The predicted molar refractivity (Wildman–Crippen MR) is 64.5 cm³/mol. The molecule has 2 rings (SSSR count). The number of ketones is 1. The lowest BCUT2D eigenvalue weighted by Crippen LogP contribution is -2.12. The van der Waals surface area contributed by atoms with E-state index < -0.39 is 0 Å². The molecule has 0 aliphatic rings. The third kappa shape index (κ3) is 2.22. The van der Waals surface area contributed by atoms with Crippen molar-refractivity contribution in [1.82, 2.24) is 20.0 Å². The van der Waals surface area contributed by atoms with Gasteiger partial charge in [-0.2, -0.15) is 0 Å². The maximum atomic E-state index is 12.4. The number of hydrogen-bond acceptors (Lipinski definition) is 5. The molecule has 0 N–H and O–H groups in total. The SMILES string of the molecule is CCCn1nncc1C(=O)c1cccnc1OC. The number of carbonyl (C=O) groups is 1. The van der Waals surface area contributed by atoms with E-state index in [4.69, 9.17) is 4.74 Å². The lowest BCUT2D eigenvalue weighted by atomic mass is 10.1. The summed E-state index contributed by atoms with van der Waals surface area (Å²) in [7, 11) is 1.49. The molecule has 6 nitrogen and oxygen atoms in total. The first-order valence-electron chi connectivity index (χ1n) is 5.70. The van der Waals surface area contributed by atoms with Crippen LogP contribution in [0, 0.1) is 0 Å². The molecular weight excluding hydrogens is 232 g/mol. The predicted octanol–water partition coefficient (Wildman–Crippen LogP) is 1.32. The van der Waals surface area contributed by atoms with Crippen LogP contribution in [0.15, 0.2) is 24.5 Å². The van der Waals surface area contributed by atoms with E-state index in [1.165, 1.54) is 13.3 Å². The summed E-state index contributed by atoms with van der Waals surface area (Å²) in [6.07, 6.45) is 3.93. The smallest absolute Gasteiger partial charge is 0.224 e. The van der Waals surface area contributed by atoms with Gasteiger partial charge in [0.15, 0.2) is 0 Å². The molecule has 2 aromatic heterocycles. The summed E-state index contributed by atoms with van der Waals surface area (Å²) >= 11 is 0. The number of pyridine rings is 1. The van der Waals surface area contributed by atoms with Gasteiger partial charge in [0.25, 0.3) is 0 Å². The van der Waals surface area contributed by atoms with E-state index in [0.717, 1.165) is 6.42 Å². The first kappa shape index (κ1) is 12.2. The number of ether oxygens (including phenoxy) is 1. The van der Waals surface area contributed by atoms with Crippen LogP contribution in [0.5, 0.6) is 5.88 Å². The molecule has 0 aliphatic carbocycles. The van der Waals surface area contributed by atoms with Gasteiger partial charge < -0.3 is 4.74 Å². The van der Waals surface area contributed by atoms with E-state index >= 15 is 0 Å². The zero-order valence-electron chi connectivity index (χ0n) is 10.3. The lowest BCUT2D eigenvalue weighted by Gasteiger charge is -2.06. The Balaban J connectivity index is 2.38. The number of hydrogen-bond donors (Lipinski definition) is 0. The number of carbonyl (C=O) groups excluding carboxylic acids is 1. The summed E-state index contributed by atoms with van der Waals surface area (Å²) in [4.78, 5) is 16.4. The molecule has 0 saturated heterocycles. The topological polar surface area (TPSA) is 69.9 Å². The maximum Gasteiger partial charge on any atom is 0.224 e. The molecule has 6 heteroatoms. The van der Waals surface area contributed by atoms with E-state index in [2.05, 4.69) is 15.3 Å². The van der Waals surface area contributed by atoms with Crippen molar-refractivity contribution in [1.29, 1.82) is 0 Å². The number of methoxy groups -OCH3 is 1. The van der Waals surface area contributed by atoms with Crippen molar-refractivity contribution >= 4 is 5.78 Å². The second kappa shape index (κ2) is 5.39. The van der Waals surface area contributed by atoms with Crippen LogP contribution in [0.2, 0.25) is 0 Å². The van der Waals surface area contributed by atoms with E-state index in [1.54, 1.807) is 23.0 Å². The minimum atomic E-state index is -0.182. The average Bonchev–Trinajstić information content (AvgIpc) is 2.86. The first-order valence-corrected chi connectivity index (χ1v) is 5.70. The highest BCUT2D eigenvalue weighted by Crippen LogP contribution is 2.17. The Hall–Kier alpha value is -2.24. The number of nitrogens with zero attached hydrogens (tertiary/aromatic N) is 4. The second-order valence-corrected chi connectivity index (χ2v) is 3.73. The van der Waals surface area contributed by atoms with E-state index in [9.17, 15) is 4.79 Å². The highest BCUT2D eigenvalue weighted by Gasteiger charge is 2.19. The molecule has 94 valence electrons. The molecule has 0 unspecified atom stereocenters. The Morgan fingerprint density at radius 1 is 1.50 bits per heavy atom. The largest absolute Gasteiger partial charge is 0.480 e. The summed E-state index contributed by atoms with van der Waals surface area (Å²) in [5.74, 6) is 0.130. The van der Waals surface area contributed by atoms with Crippen molar-refractivity contribution in [3.05, 3.63) is 35.8 Å². The summed E-state index contributed by atoms with van der Waals surface area (Å²) < 4.78 is 6.67. The third-order valence-corrected chi connectivity index (χ3v) is 2.49. The highest BCUT2D eigenvalue weighted by molar-refractivity contribution is 6.09. The molecular formula is C12H14N4O2. The summed E-state index contributed by atoms with van der Waals surface area (Å²) in [5.41, 5.74) is 0.864. The fourth-order valence-electron chi connectivity index (χ4n) is 1.67. The van der Waals surface area contributed by atoms with Crippen molar-refractivity contribution in [2.75, 3.05) is 7.11 Å². The number of aromatic nitrogens is 4. The van der Waals surface area contributed by atoms with E-state index in [0.29, 0.717) is 23.7 Å². The molecule has 0 aliphatic heterocycles. The van der Waals surface area contributed by atoms with E-state index in [-0.39, 0.29) is 5.78 Å². The highest BCUT2D eigenvalue weighted by atomic mass is 16.5. The molecule has 0 saturated carbocycles. The van der Waals surface area contributed by atoms with Gasteiger partial charge in [0, 0.05) is 12.7 Å². The Morgan fingerprint density at radius 2 is 2.33 bits per heavy atom. The van der Waals surface area contributed by atoms with Gasteiger partial charge in [0.05, 0.1) is 18.9 Å². The van der Waals surface area contributed by atoms with Crippen molar-refractivity contribution in [2.24, 2.45) is 0 Å². The Morgan fingerprint density at radius 3 is 3.06 bits per heavy atom. The quantitative estimate of drug-likeness (QED) is 0.744. The monoisotopic (exact) mass is 246 g/mol. The van der Waals surface area contributed by atoms with Crippen LogP contribution in [-0.2, 0) is 6.54 Å². The molecule has 0 bridgehead atoms. The molecule has 0 atom stereocenters. The fraction of sp³-hybridized carbons (Fsp3) is 0.333. The molecule has 0 fully saturated rings. The lowest BCUT2D eigenvalue weighted by molar-refractivity contribution is 0.102. The summed E-state index contributed by atoms with van der Waals surface area (Å²) in [6, 6.07) is 3.38. The van der Waals surface area contributed by atoms with Gasteiger partial charge in [-0.3, -0.25) is 4.79 Å². The first-order chi connectivity index (χ1) is 8.77. The van der Waals surface area contributed by atoms with Gasteiger partial charge in [-0.1, -0.05) is 12.1 Å². The summed E-state index contributed by atoms with van der Waals surface area (Å²) in [5, 5.41) is 7.67. The van der Waals surface area contributed by atoms with Gasteiger partial charge in [-0.15, -0.1) is 5.10 Å². The van der Waals surface area contributed by atoms with Crippen molar-refractivity contribution in [3.63, 3.8) is 0 Å². The van der Waals surface area contributed by atoms with Crippen LogP contribution in [0.3, 0.4) is 0 Å². The minimum Gasteiger partial charge on any atom is -0.480 e. The third-order valence-electron chi connectivity index (χ3n) is 2.49. The Bertz CT molecular complexity index is 551. The van der Waals surface area contributed by atoms with Crippen molar-refractivity contribution < 1.29 is 9.53 Å². The van der Waals surface area contributed by atoms with Crippen LogP contribution in [-0.4, -0.2) is 32.9 Å². The zero-order chi connectivity index (χ0) is 13.0. The van der Waals surface area contributed by atoms with Gasteiger partial charge in [0.1, 0.15) is 5.69 Å². The second-order valence-electron chi connectivity index (χ2n) is 3.73. The van der Waals surface area contributed by atoms with Gasteiger partial charge in [-0.05, 0) is 18.6 Å². The van der Waals surface area contributed by atoms with Crippen molar-refractivity contribution in [2.45, 2.75) is 19.9 Å². The Kier molecular flexibility index (Phi) is 3.66. The molecule has 2 aromatic rings. The maximum absolute atomic E-state index is 12.4. The molecule has 0 spiro atoms. The number of aryl methyl sites for hydroxylation is 1. The van der Waals surface area contributed by atoms with Gasteiger partial charge >= 0.3 is 0 Å². The molecule has 2 heterocycles.